The summed E-state index contributed by atoms with van der Waals surface area (Å²) in [5.41, 5.74) is 5.40. The summed E-state index contributed by atoms with van der Waals surface area (Å²) in [6.45, 7) is 4.10. The Bertz CT molecular complexity index is 657. The van der Waals surface area contributed by atoms with E-state index in [1.165, 1.54) is 28.8 Å². The van der Waals surface area contributed by atoms with Crippen LogP contribution in [0.1, 0.15) is 44.8 Å². The van der Waals surface area contributed by atoms with E-state index in [9.17, 15) is 4.79 Å². The van der Waals surface area contributed by atoms with E-state index in [1.807, 2.05) is 24.4 Å². The second-order valence-electron chi connectivity index (χ2n) is 5.53. The maximum atomic E-state index is 12.5. The lowest BCUT2D eigenvalue weighted by Gasteiger charge is -2.13. The number of carbonyl (C=O) groups excluding carboxylic acids is 1. The van der Waals surface area contributed by atoms with Crippen molar-refractivity contribution in [3.8, 4) is 0 Å². The molecule has 0 saturated heterocycles. The molecule has 1 aliphatic rings. The van der Waals surface area contributed by atoms with Gasteiger partial charge in [-0.05, 0) is 56.7 Å². The van der Waals surface area contributed by atoms with Crippen LogP contribution in [0.4, 0.5) is 5.69 Å². The minimum Gasteiger partial charge on any atom is -0.322 e. The van der Waals surface area contributed by atoms with Gasteiger partial charge in [0, 0.05) is 15.9 Å². The first-order chi connectivity index (χ1) is 9.65. The molecule has 1 amide bonds. The molecule has 0 fully saturated rings. The van der Waals surface area contributed by atoms with E-state index < -0.39 is 0 Å². The first-order valence-electron chi connectivity index (χ1n) is 7.13. The Morgan fingerprint density at radius 3 is 2.80 bits per heavy atom. The fraction of sp³-hybridized carbons (Fsp3) is 0.353. The van der Waals surface area contributed by atoms with Gasteiger partial charge in [0.25, 0.3) is 5.91 Å². The van der Waals surface area contributed by atoms with E-state index in [0.29, 0.717) is 0 Å². The van der Waals surface area contributed by atoms with Gasteiger partial charge in [0.15, 0.2) is 0 Å². The third kappa shape index (κ3) is 2.50. The van der Waals surface area contributed by atoms with E-state index in [4.69, 9.17) is 0 Å². The van der Waals surface area contributed by atoms with Crippen molar-refractivity contribution in [3.05, 3.63) is 50.7 Å². The number of aryl methyl sites for hydroxylation is 3. The Morgan fingerprint density at radius 1 is 1.20 bits per heavy atom. The monoisotopic (exact) mass is 285 g/mol. The number of anilines is 1. The molecule has 1 aliphatic carbocycles. The van der Waals surface area contributed by atoms with Crippen LogP contribution >= 0.6 is 11.3 Å². The van der Waals surface area contributed by atoms with Crippen molar-refractivity contribution >= 4 is 22.9 Å². The fourth-order valence-corrected chi connectivity index (χ4v) is 3.95. The quantitative estimate of drug-likeness (QED) is 0.865. The number of carbonyl (C=O) groups is 1. The number of nitrogens with one attached hydrogen (secondary N) is 1. The summed E-state index contributed by atoms with van der Waals surface area (Å²) in [5.74, 6) is 0.0383. The molecule has 0 atom stereocenters. The maximum Gasteiger partial charge on any atom is 0.256 e. The molecule has 20 heavy (non-hydrogen) atoms. The number of hydrogen-bond donors (Lipinski definition) is 1. The average Bonchev–Trinajstić information content (AvgIpc) is 2.86. The summed E-state index contributed by atoms with van der Waals surface area (Å²) in [4.78, 5) is 13.9. The van der Waals surface area contributed by atoms with E-state index in [0.717, 1.165) is 29.7 Å². The molecule has 0 spiro atoms. The molecule has 0 aliphatic heterocycles. The SMILES string of the molecule is Cc1ccc(NC(=O)c2csc3c2CCCC3)c(C)c1. The minimum absolute atomic E-state index is 0.0383. The summed E-state index contributed by atoms with van der Waals surface area (Å²) in [5, 5.41) is 5.08. The first kappa shape index (κ1) is 13.4. The van der Waals surface area contributed by atoms with Gasteiger partial charge in [-0.2, -0.15) is 0 Å². The molecule has 0 saturated carbocycles. The van der Waals surface area contributed by atoms with Crippen LogP contribution in [0, 0.1) is 13.8 Å². The number of thiophene rings is 1. The molecule has 1 aromatic carbocycles. The van der Waals surface area contributed by atoms with Crippen molar-refractivity contribution in [2.75, 3.05) is 5.32 Å². The average molecular weight is 285 g/mol. The predicted octanol–water partition coefficient (Wildman–Crippen LogP) is 4.50. The topological polar surface area (TPSA) is 29.1 Å². The van der Waals surface area contributed by atoms with Crippen LogP contribution in [0.3, 0.4) is 0 Å². The zero-order chi connectivity index (χ0) is 14.1. The fourth-order valence-electron chi connectivity index (χ4n) is 2.83. The van der Waals surface area contributed by atoms with Crippen LogP contribution in [0.25, 0.3) is 0 Å². The van der Waals surface area contributed by atoms with Gasteiger partial charge in [0.2, 0.25) is 0 Å². The van der Waals surface area contributed by atoms with Crippen LogP contribution in [0.2, 0.25) is 0 Å². The lowest BCUT2D eigenvalue weighted by Crippen LogP contribution is -2.15. The summed E-state index contributed by atoms with van der Waals surface area (Å²) in [6, 6.07) is 6.12. The first-order valence-corrected chi connectivity index (χ1v) is 8.01. The van der Waals surface area contributed by atoms with E-state index >= 15 is 0 Å². The number of benzene rings is 1. The van der Waals surface area contributed by atoms with Crippen LogP contribution in [0.5, 0.6) is 0 Å². The number of rotatable bonds is 2. The molecular formula is C17H19NOS. The molecule has 2 aromatic rings. The highest BCUT2D eigenvalue weighted by atomic mass is 32.1. The highest BCUT2D eigenvalue weighted by molar-refractivity contribution is 7.10. The van der Waals surface area contributed by atoms with Gasteiger partial charge in [-0.15, -0.1) is 11.3 Å². The van der Waals surface area contributed by atoms with E-state index in [2.05, 4.69) is 18.3 Å². The molecule has 0 radical (unpaired) electrons. The molecule has 1 N–H and O–H groups in total. The van der Waals surface area contributed by atoms with Crippen molar-refractivity contribution in [3.63, 3.8) is 0 Å². The summed E-state index contributed by atoms with van der Waals surface area (Å²) >= 11 is 1.74. The molecule has 1 aromatic heterocycles. The van der Waals surface area contributed by atoms with Gasteiger partial charge in [-0.1, -0.05) is 17.7 Å². The second-order valence-corrected chi connectivity index (χ2v) is 6.49. The van der Waals surface area contributed by atoms with Crippen molar-refractivity contribution < 1.29 is 4.79 Å². The van der Waals surface area contributed by atoms with Crippen molar-refractivity contribution in [2.24, 2.45) is 0 Å². The van der Waals surface area contributed by atoms with Gasteiger partial charge < -0.3 is 5.32 Å². The molecule has 104 valence electrons. The van der Waals surface area contributed by atoms with Crippen molar-refractivity contribution in [2.45, 2.75) is 39.5 Å². The lowest BCUT2D eigenvalue weighted by atomic mass is 9.95. The third-order valence-corrected chi connectivity index (χ3v) is 5.02. The summed E-state index contributed by atoms with van der Waals surface area (Å²) in [6.07, 6.45) is 4.64. The van der Waals surface area contributed by atoms with Gasteiger partial charge in [0.1, 0.15) is 0 Å². The zero-order valence-corrected chi connectivity index (χ0v) is 12.8. The molecule has 2 nitrogen and oxygen atoms in total. The molecule has 0 bridgehead atoms. The smallest absolute Gasteiger partial charge is 0.256 e. The Hall–Kier alpha value is -1.61. The third-order valence-electron chi connectivity index (χ3n) is 3.94. The zero-order valence-electron chi connectivity index (χ0n) is 12.0. The number of fused-ring (bicyclic) bond motifs is 1. The standard InChI is InChI=1S/C17H19NOS/c1-11-7-8-15(12(2)9-11)18-17(19)14-10-20-16-6-4-3-5-13(14)16/h7-10H,3-6H2,1-2H3,(H,18,19). The van der Waals surface area contributed by atoms with E-state index in [1.54, 1.807) is 11.3 Å². The summed E-state index contributed by atoms with van der Waals surface area (Å²) < 4.78 is 0. The molecule has 3 heteroatoms. The second kappa shape index (κ2) is 5.41. The number of hydrogen-bond acceptors (Lipinski definition) is 2. The highest BCUT2D eigenvalue weighted by Gasteiger charge is 2.20. The maximum absolute atomic E-state index is 12.5. The normalized spacial score (nSPS) is 13.9. The van der Waals surface area contributed by atoms with Gasteiger partial charge in [0.05, 0.1) is 5.56 Å². The Labute approximate surface area is 123 Å². The van der Waals surface area contributed by atoms with E-state index in [-0.39, 0.29) is 5.91 Å². The Morgan fingerprint density at radius 2 is 2.00 bits per heavy atom. The largest absolute Gasteiger partial charge is 0.322 e. The molecule has 1 heterocycles. The molecular weight excluding hydrogens is 266 g/mol. The van der Waals surface area contributed by atoms with Crippen LogP contribution in [-0.2, 0) is 12.8 Å². The van der Waals surface area contributed by atoms with Gasteiger partial charge in [-0.25, -0.2) is 0 Å². The van der Waals surface area contributed by atoms with Crippen molar-refractivity contribution in [1.29, 1.82) is 0 Å². The lowest BCUT2D eigenvalue weighted by molar-refractivity contribution is 0.102. The van der Waals surface area contributed by atoms with Crippen molar-refractivity contribution in [1.82, 2.24) is 0 Å². The van der Waals surface area contributed by atoms with Crippen LogP contribution in [0.15, 0.2) is 23.6 Å². The highest BCUT2D eigenvalue weighted by Crippen LogP contribution is 2.30. The Balaban J connectivity index is 1.84. The Kier molecular flexibility index (Phi) is 3.62. The van der Waals surface area contributed by atoms with Crippen LogP contribution < -0.4 is 5.32 Å². The van der Waals surface area contributed by atoms with Crippen LogP contribution in [-0.4, -0.2) is 5.91 Å². The molecule has 3 rings (SSSR count). The van der Waals surface area contributed by atoms with Gasteiger partial charge in [-0.3, -0.25) is 4.79 Å². The molecule has 0 unspecified atom stereocenters. The predicted molar refractivity (Wildman–Crippen MR) is 84.8 cm³/mol. The summed E-state index contributed by atoms with van der Waals surface area (Å²) in [7, 11) is 0. The minimum atomic E-state index is 0.0383. The van der Waals surface area contributed by atoms with Gasteiger partial charge >= 0.3 is 0 Å². The number of amides is 1.